The number of nitrogens with one attached hydrogen (secondary N) is 1. The average molecular weight is 209 g/mol. The summed E-state index contributed by atoms with van der Waals surface area (Å²) in [6.45, 7) is 9.35. The van der Waals surface area contributed by atoms with E-state index in [0.717, 1.165) is 19.4 Å². The van der Waals surface area contributed by atoms with E-state index in [9.17, 15) is 0 Å². The maximum absolute atomic E-state index is 3.71. The van der Waals surface area contributed by atoms with Crippen molar-refractivity contribution in [2.45, 2.75) is 58.4 Å². The standard InChI is InChI=1S/C14H27N/c1-4-6-8-9-10-11-12-14(3)15-13-7-5-2/h4,10-11,14-15H,1,5-9,12-13H2,2-3H3/b11-10+. The van der Waals surface area contributed by atoms with Gasteiger partial charge in [0.05, 0.1) is 0 Å². The molecular weight excluding hydrogens is 182 g/mol. The summed E-state index contributed by atoms with van der Waals surface area (Å²) in [7, 11) is 0. The average Bonchev–Trinajstić information content (AvgIpc) is 2.23. The van der Waals surface area contributed by atoms with Crippen molar-refractivity contribution >= 4 is 0 Å². The second-order valence-corrected chi connectivity index (χ2v) is 4.14. The van der Waals surface area contributed by atoms with E-state index in [2.05, 4.69) is 37.9 Å². The molecule has 0 aliphatic carbocycles. The molecule has 0 amide bonds. The molecule has 1 heteroatoms. The Morgan fingerprint density at radius 3 is 2.67 bits per heavy atom. The lowest BCUT2D eigenvalue weighted by atomic mass is 10.2. The van der Waals surface area contributed by atoms with Gasteiger partial charge in [-0.05, 0) is 45.6 Å². The molecule has 0 heterocycles. The van der Waals surface area contributed by atoms with Gasteiger partial charge < -0.3 is 5.32 Å². The van der Waals surface area contributed by atoms with Crippen molar-refractivity contribution in [3.05, 3.63) is 24.8 Å². The molecule has 0 bridgehead atoms. The van der Waals surface area contributed by atoms with Crippen molar-refractivity contribution in [1.29, 1.82) is 0 Å². The molecule has 0 aliphatic heterocycles. The van der Waals surface area contributed by atoms with Crippen molar-refractivity contribution in [1.82, 2.24) is 5.32 Å². The van der Waals surface area contributed by atoms with Gasteiger partial charge in [0.15, 0.2) is 0 Å². The Kier molecular flexibility index (Phi) is 11.1. The van der Waals surface area contributed by atoms with Crippen LogP contribution in [0.1, 0.15) is 52.4 Å². The van der Waals surface area contributed by atoms with Crippen LogP contribution >= 0.6 is 0 Å². The number of rotatable bonds is 10. The molecular formula is C14H27N. The van der Waals surface area contributed by atoms with Crippen LogP contribution in [0.15, 0.2) is 24.8 Å². The van der Waals surface area contributed by atoms with E-state index in [-0.39, 0.29) is 0 Å². The van der Waals surface area contributed by atoms with Crippen LogP contribution in [0.25, 0.3) is 0 Å². The fourth-order valence-corrected chi connectivity index (χ4v) is 1.41. The Hall–Kier alpha value is -0.560. The summed E-state index contributed by atoms with van der Waals surface area (Å²) < 4.78 is 0. The minimum atomic E-state index is 0.618. The number of allylic oxidation sites excluding steroid dienone is 2. The monoisotopic (exact) mass is 209 g/mol. The summed E-state index contributed by atoms with van der Waals surface area (Å²) in [5.74, 6) is 0. The van der Waals surface area contributed by atoms with Gasteiger partial charge in [0.1, 0.15) is 0 Å². The van der Waals surface area contributed by atoms with E-state index >= 15 is 0 Å². The molecule has 0 rings (SSSR count). The third-order valence-electron chi connectivity index (χ3n) is 2.46. The van der Waals surface area contributed by atoms with E-state index in [1.165, 1.54) is 25.7 Å². The van der Waals surface area contributed by atoms with Crippen LogP contribution in [-0.2, 0) is 0 Å². The van der Waals surface area contributed by atoms with Crippen molar-refractivity contribution < 1.29 is 0 Å². The summed E-state index contributed by atoms with van der Waals surface area (Å²) >= 11 is 0. The third-order valence-corrected chi connectivity index (χ3v) is 2.46. The van der Waals surface area contributed by atoms with Gasteiger partial charge in [0, 0.05) is 6.04 Å². The molecule has 0 aromatic carbocycles. The normalized spacial score (nSPS) is 13.2. The van der Waals surface area contributed by atoms with Gasteiger partial charge in [-0.25, -0.2) is 0 Å². The number of hydrogen-bond donors (Lipinski definition) is 1. The quantitative estimate of drug-likeness (QED) is 0.422. The van der Waals surface area contributed by atoms with Crippen LogP contribution in [0.4, 0.5) is 0 Å². The second kappa shape index (κ2) is 11.5. The van der Waals surface area contributed by atoms with Gasteiger partial charge >= 0.3 is 0 Å². The van der Waals surface area contributed by atoms with Gasteiger partial charge in [-0.15, -0.1) is 6.58 Å². The molecule has 1 unspecified atom stereocenters. The summed E-state index contributed by atoms with van der Waals surface area (Å²) in [5.41, 5.74) is 0. The van der Waals surface area contributed by atoms with Crippen molar-refractivity contribution in [3.8, 4) is 0 Å². The van der Waals surface area contributed by atoms with Gasteiger partial charge in [0.25, 0.3) is 0 Å². The van der Waals surface area contributed by atoms with Gasteiger partial charge in [-0.1, -0.05) is 31.6 Å². The lowest BCUT2D eigenvalue weighted by Crippen LogP contribution is -2.26. The van der Waals surface area contributed by atoms with Crippen LogP contribution in [0, 0.1) is 0 Å². The van der Waals surface area contributed by atoms with E-state index in [1.54, 1.807) is 0 Å². The maximum Gasteiger partial charge on any atom is 0.00732 e. The zero-order chi connectivity index (χ0) is 11.4. The minimum absolute atomic E-state index is 0.618. The van der Waals surface area contributed by atoms with Gasteiger partial charge in [-0.2, -0.15) is 0 Å². The molecule has 1 N–H and O–H groups in total. The highest BCUT2D eigenvalue weighted by molar-refractivity contribution is 4.85. The first-order valence-electron chi connectivity index (χ1n) is 6.30. The highest BCUT2D eigenvalue weighted by Gasteiger charge is 1.96. The molecule has 0 spiro atoms. The predicted octanol–water partition coefficient (Wildman–Crippen LogP) is 4.07. The van der Waals surface area contributed by atoms with Crippen LogP contribution in [0.3, 0.4) is 0 Å². The minimum Gasteiger partial charge on any atom is -0.314 e. The Bertz CT molecular complexity index is 161. The fraction of sp³-hybridized carbons (Fsp3) is 0.714. The molecule has 0 aromatic rings. The molecule has 0 fully saturated rings. The molecule has 1 nitrogen and oxygen atoms in total. The number of unbranched alkanes of at least 4 members (excludes halogenated alkanes) is 3. The van der Waals surface area contributed by atoms with Crippen LogP contribution in [0.5, 0.6) is 0 Å². The first-order chi connectivity index (χ1) is 7.31. The highest BCUT2D eigenvalue weighted by atomic mass is 14.9. The third kappa shape index (κ3) is 11.4. The molecule has 1 atom stereocenters. The van der Waals surface area contributed by atoms with Crippen LogP contribution in [0.2, 0.25) is 0 Å². The Morgan fingerprint density at radius 2 is 2.00 bits per heavy atom. The molecule has 0 saturated carbocycles. The zero-order valence-electron chi connectivity index (χ0n) is 10.5. The molecule has 15 heavy (non-hydrogen) atoms. The summed E-state index contributed by atoms with van der Waals surface area (Å²) in [6, 6.07) is 0.618. The Labute approximate surface area is 95.7 Å². The van der Waals surface area contributed by atoms with Gasteiger partial charge in [0.2, 0.25) is 0 Å². The first-order valence-corrected chi connectivity index (χ1v) is 6.30. The maximum atomic E-state index is 3.71. The van der Waals surface area contributed by atoms with Crippen molar-refractivity contribution in [2.24, 2.45) is 0 Å². The lowest BCUT2D eigenvalue weighted by molar-refractivity contribution is 0.537. The Morgan fingerprint density at radius 1 is 1.20 bits per heavy atom. The summed E-state index contributed by atoms with van der Waals surface area (Å²) in [5, 5.41) is 3.52. The molecule has 88 valence electrons. The number of hydrogen-bond acceptors (Lipinski definition) is 1. The second-order valence-electron chi connectivity index (χ2n) is 4.14. The lowest BCUT2D eigenvalue weighted by Gasteiger charge is -2.10. The van der Waals surface area contributed by atoms with Crippen LogP contribution in [-0.4, -0.2) is 12.6 Å². The van der Waals surface area contributed by atoms with E-state index in [4.69, 9.17) is 0 Å². The summed E-state index contributed by atoms with van der Waals surface area (Å²) in [6.07, 6.45) is 13.8. The van der Waals surface area contributed by atoms with Gasteiger partial charge in [-0.3, -0.25) is 0 Å². The van der Waals surface area contributed by atoms with E-state index < -0.39 is 0 Å². The SMILES string of the molecule is C=CCCC/C=C/CC(C)NCCCC. The van der Waals surface area contributed by atoms with Crippen molar-refractivity contribution in [3.63, 3.8) is 0 Å². The highest BCUT2D eigenvalue weighted by Crippen LogP contribution is 1.99. The largest absolute Gasteiger partial charge is 0.314 e. The zero-order valence-corrected chi connectivity index (χ0v) is 10.5. The molecule has 0 saturated heterocycles. The molecule has 0 radical (unpaired) electrons. The van der Waals surface area contributed by atoms with Crippen LogP contribution < -0.4 is 5.32 Å². The summed E-state index contributed by atoms with van der Waals surface area (Å²) in [4.78, 5) is 0. The fourth-order valence-electron chi connectivity index (χ4n) is 1.41. The molecule has 0 aromatic heterocycles. The molecule has 0 aliphatic rings. The van der Waals surface area contributed by atoms with Crippen molar-refractivity contribution in [2.75, 3.05) is 6.54 Å². The smallest absolute Gasteiger partial charge is 0.00732 e. The van der Waals surface area contributed by atoms with E-state index in [1.807, 2.05) is 6.08 Å². The predicted molar refractivity (Wildman–Crippen MR) is 70.2 cm³/mol. The van der Waals surface area contributed by atoms with E-state index in [0.29, 0.717) is 6.04 Å². The Balaban J connectivity index is 3.27. The topological polar surface area (TPSA) is 12.0 Å². The first kappa shape index (κ1) is 14.4.